The number of piperidine rings is 1. The highest BCUT2D eigenvalue weighted by Gasteiger charge is 2.36. The fourth-order valence-corrected chi connectivity index (χ4v) is 1.70. The second-order valence-corrected chi connectivity index (χ2v) is 5.36. The maximum Gasteiger partial charge on any atom is 0.410 e. The summed E-state index contributed by atoms with van der Waals surface area (Å²) in [4.78, 5) is 13.1. The maximum atomic E-state index is 12.6. The Morgan fingerprint density at radius 1 is 1.56 bits per heavy atom. The van der Waals surface area contributed by atoms with Crippen LogP contribution in [-0.2, 0) is 4.74 Å². The summed E-state index contributed by atoms with van der Waals surface area (Å²) in [6.45, 7) is 5.02. The second-order valence-electron chi connectivity index (χ2n) is 5.36. The SMILES string of the molecule is CC(C)(C)OC(=O)N1CCC[C@@](O)(CF)C1. The minimum Gasteiger partial charge on any atom is -0.444 e. The van der Waals surface area contributed by atoms with E-state index in [4.69, 9.17) is 4.74 Å². The Labute approximate surface area is 95.4 Å². The lowest BCUT2D eigenvalue weighted by molar-refractivity contribution is -0.0543. The summed E-state index contributed by atoms with van der Waals surface area (Å²) in [5.74, 6) is 0. The number of amides is 1. The smallest absolute Gasteiger partial charge is 0.410 e. The minimum atomic E-state index is -1.39. The summed E-state index contributed by atoms with van der Waals surface area (Å²) in [6, 6.07) is 0. The van der Waals surface area contributed by atoms with Crippen LogP contribution in [0.2, 0.25) is 0 Å². The molecule has 1 rings (SSSR count). The molecule has 0 aromatic heterocycles. The van der Waals surface area contributed by atoms with Crippen LogP contribution in [0.4, 0.5) is 9.18 Å². The summed E-state index contributed by atoms with van der Waals surface area (Å²) < 4.78 is 17.8. The number of halogens is 1. The molecule has 5 heteroatoms. The van der Waals surface area contributed by atoms with Crippen LogP contribution in [0.3, 0.4) is 0 Å². The van der Waals surface area contributed by atoms with Gasteiger partial charge in [-0.15, -0.1) is 0 Å². The number of hydrogen-bond donors (Lipinski definition) is 1. The van der Waals surface area contributed by atoms with E-state index in [9.17, 15) is 14.3 Å². The fraction of sp³-hybridized carbons (Fsp3) is 0.909. The van der Waals surface area contributed by atoms with Crippen LogP contribution in [0.15, 0.2) is 0 Å². The molecular weight excluding hydrogens is 213 g/mol. The van der Waals surface area contributed by atoms with Crippen molar-refractivity contribution in [1.29, 1.82) is 0 Å². The summed E-state index contributed by atoms with van der Waals surface area (Å²) in [5.41, 5.74) is -1.96. The zero-order valence-electron chi connectivity index (χ0n) is 10.1. The molecule has 0 unspecified atom stereocenters. The molecular formula is C11H20FNO3. The maximum absolute atomic E-state index is 12.6. The number of alkyl halides is 1. The van der Waals surface area contributed by atoms with Gasteiger partial charge in [0, 0.05) is 6.54 Å². The highest BCUT2D eigenvalue weighted by molar-refractivity contribution is 5.68. The Morgan fingerprint density at radius 3 is 2.69 bits per heavy atom. The fourth-order valence-electron chi connectivity index (χ4n) is 1.70. The largest absolute Gasteiger partial charge is 0.444 e. The number of β-amino-alcohol motifs (C(OH)–C–C–N with tert-alkyl or cyclic N) is 1. The van der Waals surface area contributed by atoms with Gasteiger partial charge in [0.15, 0.2) is 0 Å². The van der Waals surface area contributed by atoms with Gasteiger partial charge in [-0.2, -0.15) is 0 Å². The molecule has 1 aliphatic heterocycles. The molecule has 16 heavy (non-hydrogen) atoms. The van der Waals surface area contributed by atoms with Gasteiger partial charge in [0.2, 0.25) is 0 Å². The van der Waals surface area contributed by atoms with E-state index in [1.807, 2.05) is 0 Å². The van der Waals surface area contributed by atoms with Crippen molar-refractivity contribution in [2.24, 2.45) is 0 Å². The van der Waals surface area contributed by atoms with Crippen molar-refractivity contribution in [2.45, 2.75) is 44.8 Å². The Bertz CT molecular complexity index is 264. The first-order valence-corrected chi connectivity index (χ1v) is 5.52. The van der Waals surface area contributed by atoms with Crippen LogP contribution in [0.25, 0.3) is 0 Å². The molecule has 0 aromatic rings. The number of ether oxygens (including phenoxy) is 1. The predicted molar refractivity (Wildman–Crippen MR) is 58.0 cm³/mol. The van der Waals surface area contributed by atoms with Crippen molar-refractivity contribution in [2.75, 3.05) is 19.8 Å². The number of likely N-dealkylation sites (tertiary alicyclic amines) is 1. The van der Waals surface area contributed by atoms with Crippen molar-refractivity contribution in [1.82, 2.24) is 4.90 Å². The Kier molecular flexibility index (Phi) is 3.78. The third-order valence-electron chi connectivity index (χ3n) is 2.46. The number of nitrogens with zero attached hydrogens (tertiary/aromatic N) is 1. The van der Waals surface area contributed by atoms with Gasteiger partial charge < -0.3 is 14.7 Å². The van der Waals surface area contributed by atoms with Gasteiger partial charge in [0.1, 0.15) is 17.9 Å². The molecule has 0 radical (unpaired) electrons. The quantitative estimate of drug-likeness (QED) is 0.750. The van der Waals surface area contributed by atoms with Crippen molar-refractivity contribution >= 4 is 6.09 Å². The average Bonchev–Trinajstić information content (AvgIpc) is 2.15. The minimum absolute atomic E-state index is 0.0123. The van der Waals surface area contributed by atoms with Crippen molar-refractivity contribution in [3.63, 3.8) is 0 Å². The van der Waals surface area contributed by atoms with Crippen molar-refractivity contribution < 1.29 is 19.0 Å². The van der Waals surface area contributed by atoms with E-state index in [0.29, 0.717) is 19.4 Å². The Hall–Kier alpha value is -0.840. The third-order valence-corrected chi connectivity index (χ3v) is 2.46. The van der Waals surface area contributed by atoms with Crippen LogP contribution >= 0.6 is 0 Å². The molecule has 0 saturated carbocycles. The van der Waals surface area contributed by atoms with E-state index in [0.717, 1.165) is 0 Å². The van der Waals surface area contributed by atoms with Crippen LogP contribution in [-0.4, -0.2) is 47.1 Å². The molecule has 0 bridgehead atoms. The molecule has 1 aliphatic rings. The molecule has 1 saturated heterocycles. The van der Waals surface area contributed by atoms with Crippen LogP contribution in [0, 0.1) is 0 Å². The first-order valence-electron chi connectivity index (χ1n) is 5.52. The lowest BCUT2D eigenvalue weighted by Gasteiger charge is -2.38. The topological polar surface area (TPSA) is 49.8 Å². The van der Waals surface area contributed by atoms with E-state index >= 15 is 0 Å². The lowest BCUT2D eigenvalue weighted by Crippen LogP contribution is -2.52. The first-order chi connectivity index (χ1) is 7.26. The Balaban J connectivity index is 2.57. The molecule has 0 aliphatic carbocycles. The zero-order chi connectivity index (χ0) is 12.4. The van der Waals surface area contributed by atoms with Crippen LogP contribution in [0.1, 0.15) is 33.6 Å². The molecule has 1 fully saturated rings. The van der Waals surface area contributed by atoms with Gasteiger partial charge in [-0.1, -0.05) is 0 Å². The van der Waals surface area contributed by atoms with Crippen molar-refractivity contribution in [3.05, 3.63) is 0 Å². The monoisotopic (exact) mass is 233 g/mol. The standard InChI is InChI=1S/C11H20FNO3/c1-10(2,3)16-9(14)13-6-4-5-11(15,7-12)8-13/h15H,4-8H2,1-3H3/t11-/m1/s1. The average molecular weight is 233 g/mol. The number of carbonyl (C=O) groups excluding carboxylic acids is 1. The first kappa shape index (κ1) is 13.2. The molecule has 94 valence electrons. The summed E-state index contributed by atoms with van der Waals surface area (Å²) in [6.07, 6.45) is 0.502. The predicted octanol–water partition coefficient (Wildman–Crippen LogP) is 1.72. The number of carbonyl (C=O) groups is 1. The zero-order valence-corrected chi connectivity index (χ0v) is 10.1. The molecule has 1 atom stereocenters. The van der Waals surface area contributed by atoms with E-state index in [1.54, 1.807) is 20.8 Å². The molecule has 1 N–H and O–H groups in total. The van der Waals surface area contributed by atoms with E-state index in [-0.39, 0.29) is 6.54 Å². The third kappa shape index (κ3) is 3.63. The summed E-state index contributed by atoms with van der Waals surface area (Å²) >= 11 is 0. The molecule has 0 aromatic carbocycles. The molecule has 1 amide bonds. The molecule has 4 nitrogen and oxygen atoms in total. The number of hydrogen-bond acceptors (Lipinski definition) is 3. The Morgan fingerprint density at radius 2 is 2.19 bits per heavy atom. The summed E-state index contributed by atoms with van der Waals surface area (Å²) in [7, 11) is 0. The highest BCUT2D eigenvalue weighted by Crippen LogP contribution is 2.23. The van der Waals surface area contributed by atoms with Gasteiger partial charge in [-0.3, -0.25) is 0 Å². The number of rotatable bonds is 1. The van der Waals surface area contributed by atoms with Gasteiger partial charge in [0.25, 0.3) is 0 Å². The van der Waals surface area contributed by atoms with Crippen molar-refractivity contribution in [3.8, 4) is 0 Å². The highest BCUT2D eigenvalue weighted by atomic mass is 19.1. The lowest BCUT2D eigenvalue weighted by atomic mass is 9.95. The van der Waals surface area contributed by atoms with Crippen LogP contribution in [0.5, 0.6) is 0 Å². The summed E-state index contributed by atoms with van der Waals surface area (Å²) in [5, 5.41) is 9.77. The van der Waals surface area contributed by atoms with Gasteiger partial charge in [-0.05, 0) is 33.6 Å². The van der Waals surface area contributed by atoms with E-state index in [2.05, 4.69) is 0 Å². The van der Waals surface area contributed by atoms with E-state index in [1.165, 1.54) is 4.90 Å². The molecule has 0 spiro atoms. The van der Waals surface area contributed by atoms with Crippen LogP contribution < -0.4 is 0 Å². The number of aliphatic hydroxyl groups is 1. The second kappa shape index (κ2) is 4.57. The molecule has 1 heterocycles. The van der Waals surface area contributed by atoms with Gasteiger partial charge in [0.05, 0.1) is 6.54 Å². The normalized spacial score (nSPS) is 26.7. The van der Waals surface area contributed by atoms with Gasteiger partial charge in [-0.25, -0.2) is 9.18 Å². The van der Waals surface area contributed by atoms with E-state index < -0.39 is 24.0 Å². The van der Waals surface area contributed by atoms with Gasteiger partial charge >= 0.3 is 6.09 Å².